The summed E-state index contributed by atoms with van der Waals surface area (Å²) in [5, 5.41) is 3.22. The summed E-state index contributed by atoms with van der Waals surface area (Å²) < 4.78 is 54.5. The van der Waals surface area contributed by atoms with Crippen LogP contribution in [0.15, 0.2) is 60.0 Å². The van der Waals surface area contributed by atoms with Crippen LogP contribution in [-0.2, 0) is 10.0 Å². The number of hydrogen-bond donors (Lipinski definition) is 1. The number of nitrogens with one attached hydrogen (secondary N) is 1. The molecule has 0 spiro atoms. The molecule has 0 aliphatic carbocycles. The summed E-state index contributed by atoms with van der Waals surface area (Å²) in [5.74, 6) is -2.06. The third kappa shape index (κ3) is 3.04. The van der Waals surface area contributed by atoms with Gasteiger partial charge in [-0.3, -0.25) is 4.72 Å². The summed E-state index contributed by atoms with van der Waals surface area (Å²) in [6.07, 6.45) is 1.20. The second-order valence-corrected chi connectivity index (χ2v) is 6.09. The summed E-state index contributed by atoms with van der Waals surface area (Å²) in [4.78, 5) is 3.68. The fourth-order valence-corrected chi connectivity index (χ4v) is 2.79. The first-order valence-electron chi connectivity index (χ1n) is 6.41. The first-order chi connectivity index (χ1) is 11.0. The van der Waals surface area contributed by atoms with E-state index in [-0.39, 0.29) is 0 Å². The summed E-state index contributed by atoms with van der Waals surface area (Å²) >= 11 is 0. The molecule has 6 nitrogen and oxygen atoms in total. The van der Waals surface area contributed by atoms with Crippen molar-refractivity contribution >= 4 is 15.7 Å². The molecule has 0 aliphatic heterocycles. The van der Waals surface area contributed by atoms with Crippen LogP contribution in [0.3, 0.4) is 0 Å². The minimum absolute atomic E-state index is 0.594. The lowest BCUT2D eigenvalue weighted by atomic mass is 10.3. The fourth-order valence-electron chi connectivity index (χ4n) is 1.85. The molecule has 2 aromatic carbocycles. The van der Waals surface area contributed by atoms with Crippen LogP contribution in [0.1, 0.15) is 0 Å². The summed E-state index contributed by atoms with van der Waals surface area (Å²) in [6, 6.07) is 11.7. The highest BCUT2D eigenvalue weighted by atomic mass is 32.2. The Hall–Kier alpha value is -2.81. The fraction of sp³-hybridized carbons (Fsp3) is 0. The van der Waals surface area contributed by atoms with Crippen molar-refractivity contribution in [3.05, 3.63) is 66.5 Å². The van der Waals surface area contributed by atoms with Crippen molar-refractivity contribution < 1.29 is 17.2 Å². The van der Waals surface area contributed by atoms with Crippen molar-refractivity contribution in [1.82, 2.24) is 14.8 Å². The second kappa shape index (κ2) is 5.76. The molecular formula is C14H10F2N4O2S. The Morgan fingerprint density at radius 3 is 2.26 bits per heavy atom. The minimum atomic E-state index is -4.32. The highest BCUT2D eigenvalue weighted by Gasteiger charge is 2.23. The number of nitrogens with zero attached hydrogens (tertiary/aromatic N) is 3. The van der Waals surface area contributed by atoms with Gasteiger partial charge in [-0.2, -0.15) is 8.42 Å². The van der Waals surface area contributed by atoms with Crippen LogP contribution in [0.5, 0.6) is 0 Å². The molecule has 3 aromatic rings. The first-order valence-corrected chi connectivity index (χ1v) is 7.89. The van der Waals surface area contributed by atoms with Crippen LogP contribution in [-0.4, -0.2) is 23.2 Å². The van der Waals surface area contributed by atoms with Gasteiger partial charge in [0.15, 0.2) is 0 Å². The predicted octanol–water partition coefficient (Wildman–Crippen LogP) is 2.35. The molecule has 0 bridgehead atoms. The van der Waals surface area contributed by atoms with E-state index in [1.165, 1.54) is 11.0 Å². The van der Waals surface area contributed by atoms with Gasteiger partial charge in [0.05, 0.1) is 5.69 Å². The maximum atomic E-state index is 13.6. The molecule has 0 saturated carbocycles. The van der Waals surface area contributed by atoms with Gasteiger partial charge in [-0.05, 0) is 24.3 Å². The maximum absolute atomic E-state index is 13.6. The average Bonchev–Trinajstić information content (AvgIpc) is 3.03. The number of hydrogen-bond acceptors (Lipinski definition) is 4. The predicted molar refractivity (Wildman–Crippen MR) is 78.5 cm³/mol. The Balaban J connectivity index is 1.94. The number of rotatable bonds is 4. The molecule has 0 atom stereocenters. The minimum Gasteiger partial charge on any atom is -0.271 e. The monoisotopic (exact) mass is 336 g/mol. The van der Waals surface area contributed by atoms with Crippen LogP contribution < -0.4 is 4.72 Å². The van der Waals surface area contributed by atoms with Crippen LogP contribution >= 0.6 is 0 Å². The Morgan fingerprint density at radius 2 is 1.61 bits per heavy atom. The van der Waals surface area contributed by atoms with Gasteiger partial charge in [-0.25, -0.2) is 18.4 Å². The van der Waals surface area contributed by atoms with Gasteiger partial charge in [-0.15, -0.1) is 5.10 Å². The molecule has 0 radical (unpaired) electrons. The van der Waals surface area contributed by atoms with E-state index in [4.69, 9.17) is 0 Å². The largest absolute Gasteiger partial charge is 0.299 e. The number of aromatic nitrogens is 3. The normalized spacial score (nSPS) is 11.4. The number of benzene rings is 2. The number of anilines is 1. The quantitative estimate of drug-likeness (QED) is 0.793. The van der Waals surface area contributed by atoms with Gasteiger partial charge >= 0.3 is 0 Å². The van der Waals surface area contributed by atoms with E-state index < -0.39 is 32.5 Å². The molecular weight excluding hydrogens is 326 g/mol. The molecule has 0 fully saturated rings. The lowest BCUT2D eigenvalue weighted by molar-refractivity contribution is 0.578. The van der Waals surface area contributed by atoms with Gasteiger partial charge < -0.3 is 0 Å². The van der Waals surface area contributed by atoms with Crippen molar-refractivity contribution in [3.63, 3.8) is 0 Å². The topological polar surface area (TPSA) is 76.9 Å². The van der Waals surface area contributed by atoms with Crippen molar-refractivity contribution in [2.24, 2.45) is 0 Å². The van der Waals surface area contributed by atoms with Crippen LogP contribution in [0.2, 0.25) is 0 Å². The Kier molecular flexibility index (Phi) is 3.78. The van der Waals surface area contributed by atoms with Gasteiger partial charge in [0.1, 0.15) is 23.6 Å². The molecule has 0 unspecified atom stereocenters. The Morgan fingerprint density at radius 1 is 0.957 bits per heavy atom. The van der Waals surface area contributed by atoms with Crippen molar-refractivity contribution in [1.29, 1.82) is 0 Å². The third-order valence-corrected chi connectivity index (χ3v) is 4.07. The van der Waals surface area contributed by atoms with E-state index in [9.17, 15) is 17.2 Å². The Bertz CT molecular complexity index is 922. The molecule has 23 heavy (non-hydrogen) atoms. The van der Waals surface area contributed by atoms with E-state index in [1.54, 1.807) is 30.3 Å². The van der Waals surface area contributed by atoms with Crippen molar-refractivity contribution in [2.75, 3.05) is 4.72 Å². The highest BCUT2D eigenvalue weighted by molar-refractivity contribution is 7.92. The highest BCUT2D eigenvalue weighted by Crippen LogP contribution is 2.21. The maximum Gasteiger partial charge on any atom is 0.299 e. The first kappa shape index (κ1) is 15.1. The van der Waals surface area contributed by atoms with Crippen LogP contribution in [0, 0.1) is 11.6 Å². The molecule has 0 saturated heterocycles. The molecule has 3 rings (SSSR count). The van der Waals surface area contributed by atoms with Gasteiger partial charge in [-0.1, -0.05) is 24.3 Å². The molecule has 118 valence electrons. The number of para-hydroxylation sites is 2. The zero-order valence-electron chi connectivity index (χ0n) is 11.5. The second-order valence-electron chi connectivity index (χ2n) is 4.51. The van der Waals surface area contributed by atoms with Gasteiger partial charge in [0.25, 0.3) is 15.2 Å². The van der Waals surface area contributed by atoms with Crippen LogP contribution in [0.25, 0.3) is 5.69 Å². The zero-order valence-corrected chi connectivity index (χ0v) is 12.3. The number of halogens is 2. The van der Waals surface area contributed by atoms with Gasteiger partial charge in [0, 0.05) is 0 Å². The molecule has 0 aliphatic rings. The van der Waals surface area contributed by atoms with E-state index in [0.29, 0.717) is 5.69 Å². The molecule has 1 heterocycles. The molecule has 1 aromatic heterocycles. The van der Waals surface area contributed by atoms with Gasteiger partial charge in [0.2, 0.25) is 0 Å². The smallest absolute Gasteiger partial charge is 0.271 e. The van der Waals surface area contributed by atoms with E-state index in [1.807, 2.05) is 4.72 Å². The molecule has 1 N–H and O–H groups in total. The zero-order chi connectivity index (χ0) is 16.4. The lowest BCUT2D eigenvalue weighted by Gasteiger charge is -2.07. The summed E-state index contributed by atoms with van der Waals surface area (Å²) in [6.45, 7) is 0. The molecule has 9 heteroatoms. The van der Waals surface area contributed by atoms with E-state index in [0.717, 1.165) is 18.2 Å². The summed E-state index contributed by atoms with van der Waals surface area (Å²) in [7, 11) is -4.32. The average molecular weight is 336 g/mol. The third-order valence-electron chi connectivity index (χ3n) is 2.93. The van der Waals surface area contributed by atoms with E-state index in [2.05, 4.69) is 10.1 Å². The summed E-state index contributed by atoms with van der Waals surface area (Å²) in [5.41, 5.74) is -0.179. The molecule has 0 amide bonds. The lowest BCUT2D eigenvalue weighted by Crippen LogP contribution is -2.17. The number of sulfonamides is 1. The standard InChI is InChI=1S/C14H10F2N4O2S/c15-11-7-4-8-12(16)13(11)19-23(21,22)14-17-9-20(18-14)10-5-2-1-3-6-10/h1-9,19H. The Labute approximate surface area is 130 Å². The van der Waals surface area contributed by atoms with Crippen molar-refractivity contribution in [3.8, 4) is 5.69 Å². The SMILES string of the molecule is O=S(=O)(Nc1c(F)cccc1F)c1ncn(-c2ccccc2)n1. The van der Waals surface area contributed by atoms with Crippen molar-refractivity contribution in [2.45, 2.75) is 5.16 Å². The van der Waals surface area contributed by atoms with Crippen LogP contribution in [0.4, 0.5) is 14.5 Å². The van der Waals surface area contributed by atoms with E-state index >= 15 is 0 Å².